The molecule has 0 aromatic rings. The average Bonchev–Trinajstić information content (AvgIpc) is 2.04. The average molecular weight is 166 g/mol. The fourth-order valence-corrected chi connectivity index (χ4v) is 1.88. The second-order valence-electron chi connectivity index (χ2n) is 4.69. The van der Waals surface area contributed by atoms with Crippen LogP contribution in [0.2, 0.25) is 0 Å². The Morgan fingerprint density at radius 1 is 1.25 bits per heavy atom. The highest BCUT2D eigenvalue weighted by molar-refractivity contribution is 5.07. The molecule has 12 heavy (non-hydrogen) atoms. The van der Waals surface area contributed by atoms with E-state index in [1.165, 1.54) is 0 Å². The van der Waals surface area contributed by atoms with E-state index in [2.05, 4.69) is 32.2 Å². The van der Waals surface area contributed by atoms with Crippen LogP contribution in [0.4, 0.5) is 0 Å². The van der Waals surface area contributed by atoms with Crippen molar-refractivity contribution in [1.82, 2.24) is 5.32 Å². The van der Waals surface area contributed by atoms with Gasteiger partial charge in [-0.3, -0.25) is 0 Å². The van der Waals surface area contributed by atoms with Gasteiger partial charge in [-0.2, -0.15) is 5.26 Å². The molecular weight excluding hydrogens is 148 g/mol. The summed E-state index contributed by atoms with van der Waals surface area (Å²) in [6, 6.07) is 2.52. The standard InChI is InChI=1S/C10H18N2/c1-9(2,3)10(8-11)4-6-12-7-5-10/h12H,4-7H2,1-3H3. The molecule has 2 heteroatoms. The highest BCUT2D eigenvalue weighted by Gasteiger charge is 2.42. The quantitative estimate of drug-likeness (QED) is 0.597. The van der Waals surface area contributed by atoms with Crippen LogP contribution in [0.15, 0.2) is 0 Å². The van der Waals surface area contributed by atoms with Gasteiger partial charge in [-0.05, 0) is 31.3 Å². The van der Waals surface area contributed by atoms with E-state index >= 15 is 0 Å². The molecule has 0 aromatic carbocycles. The third-order valence-corrected chi connectivity index (χ3v) is 3.11. The van der Waals surface area contributed by atoms with E-state index in [0.717, 1.165) is 25.9 Å². The highest BCUT2D eigenvalue weighted by Crippen LogP contribution is 2.44. The van der Waals surface area contributed by atoms with E-state index in [1.807, 2.05) is 0 Å². The number of rotatable bonds is 0. The van der Waals surface area contributed by atoms with Gasteiger partial charge in [0.15, 0.2) is 0 Å². The predicted molar refractivity (Wildman–Crippen MR) is 49.6 cm³/mol. The number of nitrogens with one attached hydrogen (secondary N) is 1. The predicted octanol–water partition coefficient (Wildman–Crippen LogP) is 1.93. The lowest BCUT2D eigenvalue weighted by molar-refractivity contribution is 0.110. The number of piperidine rings is 1. The van der Waals surface area contributed by atoms with Gasteiger partial charge in [0.1, 0.15) is 0 Å². The monoisotopic (exact) mass is 166 g/mol. The topological polar surface area (TPSA) is 35.8 Å². The third-order valence-electron chi connectivity index (χ3n) is 3.11. The Kier molecular flexibility index (Phi) is 2.44. The van der Waals surface area contributed by atoms with E-state index < -0.39 is 0 Å². The molecule has 0 aromatic heterocycles. The Morgan fingerprint density at radius 2 is 1.75 bits per heavy atom. The van der Waals surface area contributed by atoms with Gasteiger partial charge >= 0.3 is 0 Å². The fourth-order valence-electron chi connectivity index (χ4n) is 1.88. The molecule has 68 valence electrons. The Hall–Kier alpha value is -0.550. The van der Waals surface area contributed by atoms with Crippen molar-refractivity contribution in [3.8, 4) is 6.07 Å². The largest absolute Gasteiger partial charge is 0.317 e. The molecule has 0 unspecified atom stereocenters. The zero-order valence-corrected chi connectivity index (χ0v) is 8.28. The van der Waals surface area contributed by atoms with E-state index in [-0.39, 0.29) is 10.8 Å². The first-order chi connectivity index (χ1) is 5.52. The summed E-state index contributed by atoms with van der Waals surface area (Å²) in [6.07, 6.45) is 1.99. The van der Waals surface area contributed by atoms with Crippen LogP contribution in [0.25, 0.3) is 0 Å². The van der Waals surface area contributed by atoms with Crippen LogP contribution in [-0.4, -0.2) is 13.1 Å². The van der Waals surface area contributed by atoms with E-state index in [0.29, 0.717) is 0 Å². The van der Waals surface area contributed by atoms with E-state index in [1.54, 1.807) is 0 Å². The minimum Gasteiger partial charge on any atom is -0.317 e. The first-order valence-electron chi connectivity index (χ1n) is 4.64. The van der Waals surface area contributed by atoms with Gasteiger partial charge in [-0.1, -0.05) is 20.8 Å². The van der Waals surface area contributed by atoms with Crippen LogP contribution < -0.4 is 5.32 Å². The van der Waals surface area contributed by atoms with Gasteiger partial charge in [-0.25, -0.2) is 0 Å². The molecule has 0 aliphatic carbocycles. The molecule has 0 bridgehead atoms. The van der Waals surface area contributed by atoms with Gasteiger partial charge < -0.3 is 5.32 Å². The lowest BCUT2D eigenvalue weighted by Crippen LogP contribution is -2.43. The maximum Gasteiger partial charge on any atom is 0.0696 e. The summed E-state index contributed by atoms with van der Waals surface area (Å²) in [6.45, 7) is 8.49. The van der Waals surface area contributed by atoms with Crippen molar-refractivity contribution in [3.63, 3.8) is 0 Å². The van der Waals surface area contributed by atoms with Gasteiger partial charge in [-0.15, -0.1) is 0 Å². The van der Waals surface area contributed by atoms with Crippen molar-refractivity contribution >= 4 is 0 Å². The lowest BCUT2D eigenvalue weighted by Gasteiger charge is -2.42. The van der Waals surface area contributed by atoms with Crippen LogP contribution in [0.3, 0.4) is 0 Å². The minimum atomic E-state index is -0.0990. The molecule has 0 amide bonds. The van der Waals surface area contributed by atoms with Crippen molar-refractivity contribution < 1.29 is 0 Å². The van der Waals surface area contributed by atoms with Crippen molar-refractivity contribution in [2.45, 2.75) is 33.6 Å². The molecule has 0 atom stereocenters. The molecule has 1 heterocycles. The number of nitriles is 1. The van der Waals surface area contributed by atoms with Gasteiger partial charge in [0.05, 0.1) is 11.5 Å². The molecule has 1 saturated heterocycles. The normalized spacial score (nSPS) is 23.2. The van der Waals surface area contributed by atoms with Gasteiger partial charge in [0, 0.05) is 0 Å². The summed E-state index contributed by atoms with van der Waals surface area (Å²) in [5.41, 5.74) is 0.0160. The Labute approximate surface area is 75.0 Å². The lowest BCUT2D eigenvalue weighted by atomic mass is 9.63. The van der Waals surface area contributed by atoms with Crippen molar-refractivity contribution in [3.05, 3.63) is 0 Å². The van der Waals surface area contributed by atoms with Crippen LogP contribution in [-0.2, 0) is 0 Å². The molecule has 1 aliphatic heterocycles. The Bertz CT molecular complexity index is 189. The van der Waals surface area contributed by atoms with Gasteiger partial charge in [0.25, 0.3) is 0 Å². The van der Waals surface area contributed by atoms with Crippen LogP contribution >= 0.6 is 0 Å². The number of hydrogen-bond donors (Lipinski definition) is 1. The Balaban J connectivity index is 2.83. The summed E-state index contributed by atoms with van der Waals surface area (Å²) in [5, 5.41) is 12.5. The SMILES string of the molecule is CC(C)(C)C1(C#N)CCNCC1. The smallest absolute Gasteiger partial charge is 0.0696 e. The molecule has 0 saturated carbocycles. The molecule has 1 aliphatic rings. The summed E-state index contributed by atoms with van der Waals surface area (Å²) in [4.78, 5) is 0. The van der Waals surface area contributed by atoms with Crippen molar-refractivity contribution in [2.24, 2.45) is 10.8 Å². The third kappa shape index (κ3) is 1.47. The molecule has 1 fully saturated rings. The summed E-state index contributed by atoms with van der Waals surface area (Å²) in [7, 11) is 0. The van der Waals surface area contributed by atoms with Crippen LogP contribution in [0.5, 0.6) is 0 Å². The number of hydrogen-bond acceptors (Lipinski definition) is 2. The summed E-state index contributed by atoms with van der Waals surface area (Å²) in [5.74, 6) is 0. The molecule has 0 spiro atoms. The fraction of sp³-hybridized carbons (Fsp3) is 0.900. The van der Waals surface area contributed by atoms with E-state index in [4.69, 9.17) is 0 Å². The zero-order valence-electron chi connectivity index (χ0n) is 8.28. The van der Waals surface area contributed by atoms with Crippen LogP contribution in [0.1, 0.15) is 33.6 Å². The van der Waals surface area contributed by atoms with Gasteiger partial charge in [0.2, 0.25) is 0 Å². The van der Waals surface area contributed by atoms with Crippen molar-refractivity contribution in [1.29, 1.82) is 5.26 Å². The molecular formula is C10H18N2. The zero-order chi connectivity index (χ0) is 9.24. The first kappa shape index (κ1) is 9.54. The van der Waals surface area contributed by atoms with Crippen LogP contribution in [0, 0.1) is 22.2 Å². The molecule has 2 nitrogen and oxygen atoms in total. The molecule has 0 radical (unpaired) electrons. The maximum atomic E-state index is 9.20. The summed E-state index contributed by atoms with van der Waals surface area (Å²) < 4.78 is 0. The molecule has 1 N–H and O–H groups in total. The second-order valence-corrected chi connectivity index (χ2v) is 4.69. The highest BCUT2D eigenvalue weighted by atomic mass is 14.9. The van der Waals surface area contributed by atoms with Crippen molar-refractivity contribution in [2.75, 3.05) is 13.1 Å². The van der Waals surface area contributed by atoms with E-state index in [9.17, 15) is 5.26 Å². The molecule has 1 rings (SSSR count). The number of nitrogens with zero attached hydrogens (tertiary/aromatic N) is 1. The minimum absolute atomic E-state index is 0.0990. The summed E-state index contributed by atoms with van der Waals surface area (Å²) >= 11 is 0. The Morgan fingerprint density at radius 3 is 2.00 bits per heavy atom. The maximum absolute atomic E-state index is 9.20. The second kappa shape index (κ2) is 3.06. The first-order valence-corrected chi connectivity index (χ1v) is 4.64.